The van der Waals surface area contributed by atoms with Crippen molar-refractivity contribution >= 4 is 5.82 Å². The summed E-state index contributed by atoms with van der Waals surface area (Å²) in [6.45, 7) is 4.34. The molecule has 3 nitrogen and oxygen atoms in total. The van der Waals surface area contributed by atoms with Crippen LogP contribution in [0, 0.1) is 12.8 Å². The molecule has 1 N–H and O–H groups in total. The fourth-order valence-corrected chi connectivity index (χ4v) is 3.07. The zero-order chi connectivity index (χ0) is 13.8. The molecule has 3 heteroatoms. The van der Waals surface area contributed by atoms with Crippen molar-refractivity contribution in [3.8, 4) is 0 Å². The minimum Gasteiger partial charge on any atom is -0.392 e. The van der Waals surface area contributed by atoms with Gasteiger partial charge in [-0.05, 0) is 50.2 Å². The van der Waals surface area contributed by atoms with E-state index in [0.717, 1.165) is 23.0 Å². The summed E-state index contributed by atoms with van der Waals surface area (Å²) in [4.78, 5) is 6.94. The third-order valence-electron chi connectivity index (χ3n) is 4.65. The summed E-state index contributed by atoms with van der Waals surface area (Å²) in [7, 11) is 2.15. The molecule has 1 fully saturated rings. The Hall–Kier alpha value is -1.09. The van der Waals surface area contributed by atoms with Gasteiger partial charge < -0.3 is 10.0 Å². The van der Waals surface area contributed by atoms with Gasteiger partial charge in [0.2, 0.25) is 0 Å². The van der Waals surface area contributed by atoms with Crippen LogP contribution in [0.25, 0.3) is 0 Å². The number of hydrogen-bond donors (Lipinski definition) is 1. The van der Waals surface area contributed by atoms with Gasteiger partial charge in [0.25, 0.3) is 0 Å². The summed E-state index contributed by atoms with van der Waals surface area (Å²) in [6, 6.07) is 4.64. The van der Waals surface area contributed by atoms with Gasteiger partial charge >= 0.3 is 0 Å². The predicted octanol–water partition coefficient (Wildman–Crippen LogP) is 3.29. The van der Waals surface area contributed by atoms with Crippen molar-refractivity contribution < 1.29 is 5.11 Å². The first-order valence-corrected chi connectivity index (χ1v) is 7.46. The lowest BCUT2D eigenvalue weighted by molar-refractivity contribution is 0.280. The zero-order valence-corrected chi connectivity index (χ0v) is 12.4. The van der Waals surface area contributed by atoms with Crippen molar-refractivity contribution in [3.05, 3.63) is 23.4 Å². The molecular formula is C16H26N2O. The first-order valence-electron chi connectivity index (χ1n) is 7.46. The number of aromatic nitrogens is 1. The summed E-state index contributed by atoms with van der Waals surface area (Å²) in [5.41, 5.74) is 1.86. The standard InChI is InChI=1S/C16H26N2O/c1-4-13-5-8-15(9-6-13)18(3)16-10-7-14(11-19)12(2)17-16/h7,10,13,15,19H,4-6,8-9,11H2,1-3H3. The lowest BCUT2D eigenvalue weighted by atomic mass is 9.84. The molecule has 1 aromatic rings. The van der Waals surface area contributed by atoms with Gasteiger partial charge in [-0.15, -0.1) is 0 Å². The molecule has 1 aromatic heterocycles. The zero-order valence-electron chi connectivity index (χ0n) is 12.4. The van der Waals surface area contributed by atoms with E-state index in [9.17, 15) is 5.11 Å². The number of pyridine rings is 1. The van der Waals surface area contributed by atoms with Crippen molar-refractivity contribution in [2.75, 3.05) is 11.9 Å². The van der Waals surface area contributed by atoms with E-state index in [4.69, 9.17) is 0 Å². The van der Waals surface area contributed by atoms with Crippen LogP contribution in [0.15, 0.2) is 12.1 Å². The van der Waals surface area contributed by atoms with Gasteiger partial charge in [-0.1, -0.05) is 19.4 Å². The Kier molecular flexibility index (Phi) is 4.81. The second kappa shape index (κ2) is 6.38. The molecule has 1 aliphatic carbocycles. The van der Waals surface area contributed by atoms with Crippen LogP contribution < -0.4 is 4.90 Å². The highest BCUT2D eigenvalue weighted by Crippen LogP contribution is 2.30. The molecule has 0 aliphatic heterocycles. The molecule has 0 saturated heterocycles. The van der Waals surface area contributed by atoms with Crippen LogP contribution in [0.4, 0.5) is 5.82 Å². The number of aliphatic hydroxyl groups excluding tert-OH is 1. The largest absolute Gasteiger partial charge is 0.392 e. The Morgan fingerprint density at radius 2 is 1.95 bits per heavy atom. The molecule has 0 atom stereocenters. The van der Waals surface area contributed by atoms with E-state index >= 15 is 0 Å². The fraction of sp³-hybridized carbons (Fsp3) is 0.688. The number of aryl methyl sites for hydroxylation is 1. The monoisotopic (exact) mass is 262 g/mol. The summed E-state index contributed by atoms with van der Waals surface area (Å²) >= 11 is 0. The Morgan fingerprint density at radius 3 is 2.47 bits per heavy atom. The Balaban J connectivity index is 2.03. The molecule has 19 heavy (non-hydrogen) atoms. The third-order valence-corrected chi connectivity index (χ3v) is 4.65. The molecule has 0 aromatic carbocycles. The van der Waals surface area contributed by atoms with Gasteiger partial charge in [-0.3, -0.25) is 0 Å². The van der Waals surface area contributed by atoms with Gasteiger partial charge in [0.05, 0.1) is 6.61 Å². The van der Waals surface area contributed by atoms with Crippen LogP contribution in [0.5, 0.6) is 0 Å². The summed E-state index contributed by atoms with van der Waals surface area (Å²) in [6.07, 6.45) is 6.56. The van der Waals surface area contributed by atoms with Crippen molar-refractivity contribution in [3.63, 3.8) is 0 Å². The average Bonchev–Trinajstić information content (AvgIpc) is 2.46. The number of nitrogens with zero attached hydrogens (tertiary/aromatic N) is 2. The number of rotatable bonds is 4. The van der Waals surface area contributed by atoms with E-state index in [1.54, 1.807) is 0 Å². The molecule has 0 spiro atoms. The van der Waals surface area contributed by atoms with E-state index in [1.165, 1.54) is 32.1 Å². The van der Waals surface area contributed by atoms with Crippen LogP contribution >= 0.6 is 0 Å². The van der Waals surface area contributed by atoms with E-state index in [0.29, 0.717) is 6.04 Å². The molecule has 0 amide bonds. The molecule has 1 heterocycles. The van der Waals surface area contributed by atoms with Crippen LogP contribution in [-0.2, 0) is 6.61 Å². The smallest absolute Gasteiger partial charge is 0.128 e. The number of aliphatic hydroxyl groups is 1. The molecule has 1 aliphatic rings. The maximum absolute atomic E-state index is 9.20. The average molecular weight is 262 g/mol. The first-order chi connectivity index (χ1) is 9.15. The van der Waals surface area contributed by atoms with Crippen LogP contribution in [0.3, 0.4) is 0 Å². The van der Waals surface area contributed by atoms with E-state index < -0.39 is 0 Å². The van der Waals surface area contributed by atoms with Crippen LogP contribution in [0.1, 0.15) is 50.3 Å². The van der Waals surface area contributed by atoms with E-state index in [1.807, 2.05) is 19.1 Å². The lowest BCUT2D eigenvalue weighted by Gasteiger charge is -2.35. The lowest BCUT2D eigenvalue weighted by Crippen LogP contribution is -2.35. The van der Waals surface area contributed by atoms with Gasteiger partial charge in [-0.2, -0.15) is 0 Å². The summed E-state index contributed by atoms with van der Waals surface area (Å²) in [5, 5.41) is 9.20. The number of anilines is 1. The third kappa shape index (κ3) is 3.27. The van der Waals surface area contributed by atoms with E-state index in [-0.39, 0.29) is 6.61 Å². The highest BCUT2D eigenvalue weighted by molar-refractivity contribution is 5.41. The first kappa shape index (κ1) is 14.3. The Morgan fingerprint density at radius 1 is 1.26 bits per heavy atom. The molecular weight excluding hydrogens is 236 g/mol. The maximum Gasteiger partial charge on any atom is 0.128 e. The second-order valence-corrected chi connectivity index (χ2v) is 5.77. The van der Waals surface area contributed by atoms with Crippen LogP contribution in [0.2, 0.25) is 0 Å². The van der Waals surface area contributed by atoms with Crippen molar-refractivity contribution in [2.45, 2.75) is 58.6 Å². The van der Waals surface area contributed by atoms with E-state index in [2.05, 4.69) is 23.9 Å². The maximum atomic E-state index is 9.20. The highest BCUT2D eigenvalue weighted by atomic mass is 16.3. The van der Waals surface area contributed by atoms with Gasteiger partial charge in [0.15, 0.2) is 0 Å². The topological polar surface area (TPSA) is 36.4 Å². The summed E-state index contributed by atoms with van der Waals surface area (Å²) < 4.78 is 0. The van der Waals surface area contributed by atoms with Gasteiger partial charge in [0, 0.05) is 18.8 Å². The quantitative estimate of drug-likeness (QED) is 0.904. The number of hydrogen-bond acceptors (Lipinski definition) is 3. The molecule has 0 unspecified atom stereocenters. The fourth-order valence-electron chi connectivity index (χ4n) is 3.07. The molecule has 0 radical (unpaired) electrons. The molecule has 2 rings (SSSR count). The Labute approximate surface area is 116 Å². The minimum atomic E-state index is 0.0738. The summed E-state index contributed by atoms with van der Waals surface area (Å²) in [5.74, 6) is 1.96. The van der Waals surface area contributed by atoms with Gasteiger partial charge in [-0.25, -0.2) is 4.98 Å². The molecule has 106 valence electrons. The second-order valence-electron chi connectivity index (χ2n) is 5.77. The van der Waals surface area contributed by atoms with Gasteiger partial charge in [0.1, 0.15) is 5.82 Å². The predicted molar refractivity (Wildman–Crippen MR) is 79.3 cm³/mol. The van der Waals surface area contributed by atoms with Crippen LogP contribution in [-0.4, -0.2) is 23.2 Å². The highest BCUT2D eigenvalue weighted by Gasteiger charge is 2.23. The molecule has 1 saturated carbocycles. The minimum absolute atomic E-state index is 0.0738. The van der Waals surface area contributed by atoms with Crippen molar-refractivity contribution in [1.82, 2.24) is 4.98 Å². The van der Waals surface area contributed by atoms with Crippen molar-refractivity contribution in [1.29, 1.82) is 0 Å². The van der Waals surface area contributed by atoms with Crippen molar-refractivity contribution in [2.24, 2.45) is 5.92 Å². The molecule has 0 bridgehead atoms. The normalized spacial score (nSPS) is 23.4. The SMILES string of the molecule is CCC1CCC(N(C)c2ccc(CO)c(C)n2)CC1. The Bertz CT molecular complexity index is 411.